The van der Waals surface area contributed by atoms with Crippen LogP contribution in [0.5, 0.6) is 0 Å². The van der Waals surface area contributed by atoms with E-state index in [1.807, 2.05) is 6.07 Å². The van der Waals surface area contributed by atoms with Gasteiger partial charge in [-0.15, -0.1) is 11.6 Å². The van der Waals surface area contributed by atoms with Crippen molar-refractivity contribution in [2.24, 2.45) is 10.7 Å². The fourth-order valence-electron chi connectivity index (χ4n) is 2.44. The highest BCUT2D eigenvalue weighted by molar-refractivity contribution is 6.18. The summed E-state index contributed by atoms with van der Waals surface area (Å²) in [5, 5.41) is 0. The lowest BCUT2D eigenvalue weighted by Gasteiger charge is -2.13. The third kappa shape index (κ3) is 3.80. The van der Waals surface area contributed by atoms with Crippen molar-refractivity contribution in [3.63, 3.8) is 0 Å². The second-order valence-corrected chi connectivity index (χ2v) is 5.79. The van der Waals surface area contributed by atoms with E-state index >= 15 is 0 Å². The maximum atomic E-state index is 12.1. The molecule has 128 valence electrons. The quantitative estimate of drug-likeness (QED) is 0.518. The number of cyclic esters (lactones) is 1. The van der Waals surface area contributed by atoms with E-state index in [4.69, 9.17) is 22.1 Å². The third-order valence-corrected chi connectivity index (χ3v) is 4.11. The summed E-state index contributed by atoms with van der Waals surface area (Å²) in [6.45, 7) is 0.401. The Labute approximate surface area is 149 Å². The number of amides is 2. The van der Waals surface area contributed by atoms with Gasteiger partial charge in [0.2, 0.25) is 0 Å². The standard InChI is InChI=1S/C18H16ClN3O3/c19-10-15-11-22(18(24)25-15)14-8-6-12(7-9-14)16(20)21-17(23)13-4-2-1-3-5-13/h1-9,15H,10-11H2,(H2,20,21,23). The molecule has 1 heterocycles. The number of aliphatic imine (C=N–C) groups is 1. The van der Waals surface area contributed by atoms with Crippen LogP contribution in [0.25, 0.3) is 0 Å². The van der Waals surface area contributed by atoms with Gasteiger partial charge in [-0.25, -0.2) is 4.79 Å². The lowest BCUT2D eigenvalue weighted by molar-refractivity contribution is 0.100. The second-order valence-electron chi connectivity index (χ2n) is 5.49. The fourth-order valence-corrected chi connectivity index (χ4v) is 2.60. The molecule has 2 aromatic carbocycles. The zero-order valence-corrected chi connectivity index (χ0v) is 14.0. The summed E-state index contributed by atoms with van der Waals surface area (Å²) in [6, 6.07) is 15.5. The van der Waals surface area contributed by atoms with Crippen LogP contribution in [0.3, 0.4) is 0 Å². The number of nitrogens with zero attached hydrogens (tertiary/aromatic N) is 2. The number of hydrogen-bond acceptors (Lipinski definition) is 3. The fraction of sp³-hybridized carbons (Fsp3) is 0.167. The van der Waals surface area contributed by atoms with E-state index in [-0.39, 0.29) is 17.8 Å². The molecule has 1 fully saturated rings. The van der Waals surface area contributed by atoms with Crippen molar-refractivity contribution in [3.05, 3.63) is 65.7 Å². The Morgan fingerprint density at radius 1 is 1.16 bits per heavy atom. The van der Waals surface area contributed by atoms with Gasteiger partial charge >= 0.3 is 6.09 Å². The predicted octanol–water partition coefficient (Wildman–Crippen LogP) is 2.80. The molecule has 0 spiro atoms. The average molecular weight is 358 g/mol. The highest BCUT2D eigenvalue weighted by Gasteiger charge is 2.31. The van der Waals surface area contributed by atoms with E-state index in [1.54, 1.807) is 48.5 Å². The SMILES string of the molecule is NC(=NC(=O)c1ccccc1)c1ccc(N2CC(CCl)OC2=O)cc1. The van der Waals surface area contributed by atoms with E-state index < -0.39 is 12.0 Å². The molecule has 0 radical (unpaired) electrons. The van der Waals surface area contributed by atoms with Crippen LogP contribution in [-0.4, -0.2) is 36.4 Å². The van der Waals surface area contributed by atoms with Crippen LogP contribution in [0, 0.1) is 0 Å². The molecule has 1 atom stereocenters. The van der Waals surface area contributed by atoms with Crippen LogP contribution in [0.4, 0.5) is 10.5 Å². The molecular formula is C18H16ClN3O3. The van der Waals surface area contributed by atoms with Crippen molar-refractivity contribution >= 4 is 35.1 Å². The summed E-state index contributed by atoms with van der Waals surface area (Å²) in [7, 11) is 0. The summed E-state index contributed by atoms with van der Waals surface area (Å²) in [5.74, 6) is -0.0417. The van der Waals surface area contributed by atoms with Gasteiger partial charge in [-0.3, -0.25) is 9.69 Å². The molecule has 1 unspecified atom stereocenters. The van der Waals surface area contributed by atoms with Crippen LogP contribution in [0.15, 0.2) is 59.6 Å². The van der Waals surface area contributed by atoms with Gasteiger partial charge < -0.3 is 10.5 Å². The smallest absolute Gasteiger partial charge is 0.414 e. The van der Waals surface area contributed by atoms with Crippen LogP contribution in [0.1, 0.15) is 15.9 Å². The Kier molecular flexibility index (Phi) is 5.00. The molecule has 2 aromatic rings. The molecule has 7 heteroatoms. The van der Waals surface area contributed by atoms with E-state index in [0.717, 1.165) is 0 Å². The zero-order chi connectivity index (χ0) is 17.8. The van der Waals surface area contributed by atoms with Crippen molar-refractivity contribution in [1.82, 2.24) is 0 Å². The van der Waals surface area contributed by atoms with E-state index in [1.165, 1.54) is 4.90 Å². The molecule has 3 rings (SSSR count). The number of nitrogens with two attached hydrogens (primary N) is 1. The molecule has 25 heavy (non-hydrogen) atoms. The number of alkyl halides is 1. The average Bonchev–Trinajstić information content (AvgIpc) is 3.03. The molecular weight excluding hydrogens is 342 g/mol. The van der Waals surface area contributed by atoms with Crippen molar-refractivity contribution in [1.29, 1.82) is 0 Å². The Balaban J connectivity index is 1.75. The van der Waals surface area contributed by atoms with Gasteiger partial charge in [0.25, 0.3) is 5.91 Å². The molecule has 0 saturated carbocycles. The van der Waals surface area contributed by atoms with Gasteiger partial charge in [0.15, 0.2) is 0 Å². The summed E-state index contributed by atoms with van der Waals surface area (Å²) in [4.78, 5) is 29.3. The Morgan fingerprint density at radius 3 is 2.44 bits per heavy atom. The van der Waals surface area contributed by atoms with E-state index in [2.05, 4.69) is 4.99 Å². The summed E-state index contributed by atoms with van der Waals surface area (Å²) < 4.78 is 5.12. The van der Waals surface area contributed by atoms with Crippen LogP contribution >= 0.6 is 11.6 Å². The molecule has 6 nitrogen and oxygen atoms in total. The first-order valence-electron chi connectivity index (χ1n) is 7.66. The van der Waals surface area contributed by atoms with E-state index in [9.17, 15) is 9.59 Å². The largest absolute Gasteiger partial charge is 0.443 e. The van der Waals surface area contributed by atoms with Crippen molar-refractivity contribution < 1.29 is 14.3 Å². The molecule has 1 aliphatic rings. The highest BCUT2D eigenvalue weighted by Crippen LogP contribution is 2.22. The molecule has 0 aromatic heterocycles. The van der Waals surface area contributed by atoms with Gasteiger partial charge in [0.05, 0.1) is 12.4 Å². The van der Waals surface area contributed by atoms with Crippen molar-refractivity contribution in [2.75, 3.05) is 17.3 Å². The Morgan fingerprint density at radius 2 is 1.84 bits per heavy atom. The molecule has 2 N–H and O–H groups in total. The number of amidine groups is 1. The number of halogens is 1. The van der Waals surface area contributed by atoms with E-state index in [0.29, 0.717) is 23.4 Å². The van der Waals surface area contributed by atoms with Crippen LogP contribution in [0.2, 0.25) is 0 Å². The minimum absolute atomic E-state index is 0.114. The zero-order valence-electron chi connectivity index (χ0n) is 13.3. The van der Waals surface area contributed by atoms with Crippen LogP contribution in [-0.2, 0) is 4.74 Å². The number of ether oxygens (including phenoxy) is 1. The van der Waals surface area contributed by atoms with Gasteiger partial charge in [0.1, 0.15) is 11.9 Å². The lowest BCUT2D eigenvalue weighted by Crippen LogP contribution is -2.25. The summed E-state index contributed by atoms with van der Waals surface area (Å²) in [5.41, 5.74) is 7.64. The summed E-state index contributed by atoms with van der Waals surface area (Å²) >= 11 is 5.72. The molecule has 2 amide bonds. The number of hydrogen-bond donors (Lipinski definition) is 1. The maximum Gasteiger partial charge on any atom is 0.414 e. The minimum atomic E-state index is -0.431. The predicted molar refractivity (Wildman–Crippen MR) is 96.3 cm³/mol. The number of carbonyl (C=O) groups is 2. The summed E-state index contributed by atoms with van der Waals surface area (Å²) in [6.07, 6.45) is -0.747. The first-order valence-corrected chi connectivity index (χ1v) is 8.20. The van der Waals surface area contributed by atoms with Gasteiger partial charge in [-0.2, -0.15) is 4.99 Å². The normalized spacial score (nSPS) is 17.5. The number of rotatable bonds is 4. The van der Waals surface area contributed by atoms with Crippen molar-refractivity contribution in [2.45, 2.75) is 6.10 Å². The first-order chi connectivity index (χ1) is 12.1. The Bertz CT molecular complexity index is 806. The lowest BCUT2D eigenvalue weighted by atomic mass is 10.1. The van der Waals surface area contributed by atoms with Crippen molar-refractivity contribution in [3.8, 4) is 0 Å². The molecule has 1 aliphatic heterocycles. The number of benzene rings is 2. The third-order valence-electron chi connectivity index (χ3n) is 3.76. The van der Waals surface area contributed by atoms with Crippen LogP contribution < -0.4 is 10.6 Å². The van der Waals surface area contributed by atoms with Gasteiger partial charge in [-0.05, 0) is 36.4 Å². The minimum Gasteiger partial charge on any atom is -0.443 e. The number of carbonyl (C=O) groups excluding carboxylic acids is 2. The second kappa shape index (κ2) is 7.36. The maximum absolute atomic E-state index is 12.1. The molecule has 1 saturated heterocycles. The monoisotopic (exact) mass is 357 g/mol. The first kappa shape index (κ1) is 17.0. The van der Waals surface area contributed by atoms with Gasteiger partial charge in [-0.1, -0.05) is 18.2 Å². The van der Waals surface area contributed by atoms with Gasteiger partial charge in [0, 0.05) is 16.8 Å². The Hall–Kier alpha value is -2.86. The molecule has 0 bridgehead atoms. The highest BCUT2D eigenvalue weighted by atomic mass is 35.5. The topological polar surface area (TPSA) is 85.0 Å². The number of anilines is 1. The molecule has 0 aliphatic carbocycles.